The molecule has 10 nitrogen and oxygen atoms in total. The van der Waals surface area contributed by atoms with Crippen LogP contribution in [0.4, 0.5) is 47.8 Å². The largest absolute Gasteiger partial charge is 0.480 e. The standard InChI is InChI=1S/C12H11F3N2O3.C8H3F4N.C4H9NO3/c1-6(18)10(11(19)20)17-7-3-4-9(16-2)8(5-7)12(13,14)15;1-13-7-3-2-5(9)4-6(7)8(10,11)12;1-2(6)3(5)4(7)8/h3-6,10,17-18H,1H3,(H,19,20);2-4H;2-3,6H,5H2,1H3,(H,7,8)/t6-,10?;;2-,3-/m1.1/s1. The molecule has 2 aromatic rings. The van der Waals surface area contributed by atoms with Crippen molar-refractivity contribution in [3.63, 3.8) is 0 Å². The second kappa shape index (κ2) is 15.4. The summed E-state index contributed by atoms with van der Waals surface area (Å²) in [5.41, 5.74) is 1.21. The summed E-state index contributed by atoms with van der Waals surface area (Å²) in [5.74, 6) is -3.58. The molecule has 2 rings (SSSR count). The third-order valence-corrected chi connectivity index (χ3v) is 4.68. The molecule has 17 heteroatoms. The van der Waals surface area contributed by atoms with Crippen LogP contribution in [0, 0.1) is 19.0 Å². The van der Waals surface area contributed by atoms with Gasteiger partial charge in [0.2, 0.25) is 0 Å². The number of aliphatic hydroxyl groups is 2. The molecule has 41 heavy (non-hydrogen) atoms. The number of halogens is 7. The molecule has 0 fully saturated rings. The van der Waals surface area contributed by atoms with Gasteiger partial charge in [0.25, 0.3) is 0 Å². The van der Waals surface area contributed by atoms with E-state index in [1.54, 1.807) is 0 Å². The highest BCUT2D eigenvalue weighted by Crippen LogP contribution is 2.38. The minimum atomic E-state index is -4.72. The Hall–Kier alpha value is -4.45. The Kier molecular flexibility index (Phi) is 13.7. The van der Waals surface area contributed by atoms with Crippen LogP contribution >= 0.6 is 0 Å². The molecule has 7 N–H and O–H groups in total. The molecule has 0 aliphatic carbocycles. The molecule has 0 aliphatic heterocycles. The SMILES string of the molecule is C[C@@H](O)[C@@H](N)C(=O)O.[C-]#[N+]c1ccc(F)cc1C(F)(F)F.[C-]#[N+]c1ccc(NC(C(=O)O)[C@@H](C)O)cc1C(F)(F)F. The molecule has 4 atom stereocenters. The van der Waals surface area contributed by atoms with Gasteiger partial charge in [-0.05, 0) is 38.1 Å². The van der Waals surface area contributed by atoms with Crippen molar-refractivity contribution >= 4 is 29.0 Å². The number of aliphatic carboxylic acids is 2. The van der Waals surface area contributed by atoms with Crippen LogP contribution in [0.5, 0.6) is 0 Å². The minimum Gasteiger partial charge on any atom is -0.480 e. The number of hydrogen-bond acceptors (Lipinski definition) is 6. The van der Waals surface area contributed by atoms with Crippen molar-refractivity contribution in [1.82, 2.24) is 0 Å². The minimum absolute atomic E-state index is 0.141. The zero-order chi connectivity index (χ0) is 32.3. The quantitative estimate of drug-likeness (QED) is 0.207. The van der Waals surface area contributed by atoms with E-state index in [-0.39, 0.29) is 5.69 Å². The lowest BCUT2D eigenvalue weighted by atomic mass is 10.1. The number of carboxylic acid groups (broad SMARTS) is 2. The zero-order valence-corrected chi connectivity index (χ0v) is 21.0. The monoisotopic (exact) mass is 596 g/mol. The lowest BCUT2D eigenvalue weighted by molar-refractivity contribution is -0.141. The van der Waals surface area contributed by atoms with Gasteiger partial charge in [0.05, 0.1) is 36.5 Å². The van der Waals surface area contributed by atoms with Crippen LogP contribution in [0.15, 0.2) is 36.4 Å². The smallest absolute Gasteiger partial charge is 0.407 e. The summed E-state index contributed by atoms with van der Waals surface area (Å²) in [5, 5.41) is 36.9. The van der Waals surface area contributed by atoms with Crippen LogP contribution in [0.1, 0.15) is 25.0 Å². The van der Waals surface area contributed by atoms with Crippen molar-refractivity contribution in [2.45, 2.75) is 50.5 Å². The number of nitrogens with zero attached hydrogens (tertiary/aromatic N) is 2. The van der Waals surface area contributed by atoms with Crippen LogP contribution in [0.2, 0.25) is 0 Å². The topological polar surface area (TPSA) is 162 Å². The lowest BCUT2D eigenvalue weighted by Gasteiger charge is -2.19. The average Bonchev–Trinajstić information content (AvgIpc) is 2.85. The van der Waals surface area contributed by atoms with E-state index < -0.39 is 76.9 Å². The van der Waals surface area contributed by atoms with Gasteiger partial charge in [-0.15, -0.1) is 0 Å². The third-order valence-electron chi connectivity index (χ3n) is 4.68. The van der Waals surface area contributed by atoms with Crippen LogP contribution < -0.4 is 11.1 Å². The van der Waals surface area contributed by atoms with E-state index in [9.17, 15) is 45.4 Å². The molecule has 0 saturated carbocycles. The predicted octanol–water partition coefficient (Wildman–Crippen LogP) is 4.68. The van der Waals surface area contributed by atoms with Crippen LogP contribution in [0.3, 0.4) is 0 Å². The van der Waals surface area contributed by atoms with Gasteiger partial charge in [0.1, 0.15) is 11.9 Å². The predicted molar refractivity (Wildman–Crippen MR) is 129 cm³/mol. The molecule has 224 valence electrons. The molecular weight excluding hydrogens is 573 g/mol. The Morgan fingerprint density at radius 2 is 1.27 bits per heavy atom. The second-order valence-electron chi connectivity index (χ2n) is 7.92. The molecule has 0 radical (unpaired) electrons. The van der Waals surface area contributed by atoms with Crippen LogP contribution in [-0.4, -0.2) is 56.7 Å². The third kappa shape index (κ3) is 12.1. The number of anilines is 1. The van der Waals surface area contributed by atoms with Gasteiger partial charge in [0, 0.05) is 5.69 Å². The van der Waals surface area contributed by atoms with E-state index in [0.29, 0.717) is 12.1 Å². The molecule has 1 unspecified atom stereocenters. The number of rotatable bonds is 6. The second-order valence-corrected chi connectivity index (χ2v) is 7.92. The highest BCUT2D eigenvalue weighted by molar-refractivity contribution is 5.78. The number of benzene rings is 2. The fraction of sp³-hybridized carbons (Fsp3) is 0.333. The van der Waals surface area contributed by atoms with Gasteiger partial charge in [0.15, 0.2) is 17.4 Å². The van der Waals surface area contributed by atoms with Crippen molar-refractivity contribution in [3.05, 3.63) is 76.2 Å². The molecule has 0 heterocycles. The highest BCUT2D eigenvalue weighted by Gasteiger charge is 2.35. The summed E-state index contributed by atoms with van der Waals surface area (Å²) in [6, 6.07) is 2.08. The summed E-state index contributed by atoms with van der Waals surface area (Å²) in [6.07, 6.45) is -11.7. The molecule has 0 saturated heterocycles. The van der Waals surface area contributed by atoms with Gasteiger partial charge in [-0.2, -0.15) is 26.3 Å². The van der Waals surface area contributed by atoms with Crippen molar-refractivity contribution in [3.8, 4) is 0 Å². The van der Waals surface area contributed by atoms with Crippen molar-refractivity contribution in [1.29, 1.82) is 0 Å². The first-order valence-corrected chi connectivity index (χ1v) is 10.8. The molecular formula is C24H23F7N4O6. The summed E-state index contributed by atoms with van der Waals surface area (Å²) >= 11 is 0. The van der Waals surface area contributed by atoms with E-state index in [1.807, 2.05) is 0 Å². The van der Waals surface area contributed by atoms with Crippen molar-refractivity contribution in [2.24, 2.45) is 5.73 Å². The van der Waals surface area contributed by atoms with E-state index in [1.165, 1.54) is 13.8 Å². The van der Waals surface area contributed by atoms with Gasteiger partial charge >= 0.3 is 24.3 Å². The molecule has 0 amide bonds. The number of nitrogens with one attached hydrogen (secondary N) is 1. The van der Waals surface area contributed by atoms with E-state index in [4.69, 9.17) is 34.2 Å². The highest BCUT2D eigenvalue weighted by atomic mass is 19.4. The number of nitrogens with two attached hydrogens (primary N) is 1. The number of alkyl halides is 6. The first kappa shape index (κ1) is 36.5. The van der Waals surface area contributed by atoms with Gasteiger partial charge in [-0.25, -0.2) is 18.9 Å². The maximum Gasteiger partial charge on any atom is 0.407 e. The van der Waals surface area contributed by atoms with Gasteiger partial charge < -0.3 is 31.5 Å². The maximum absolute atomic E-state index is 12.7. The van der Waals surface area contributed by atoms with Crippen molar-refractivity contribution in [2.75, 3.05) is 5.32 Å². The maximum atomic E-state index is 12.7. The first-order chi connectivity index (χ1) is 18.7. The van der Waals surface area contributed by atoms with Crippen molar-refractivity contribution < 1.29 is 60.7 Å². The van der Waals surface area contributed by atoms with Crippen LogP contribution in [0.25, 0.3) is 9.69 Å². The Labute approximate surface area is 228 Å². The summed E-state index contributed by atoms with van der Waals surface area (Å²) in [6.45, 7) is 15.7. The Morgan fingerprint density at radius 1 is 0.829 bits per heavy atom. The normalized spacial score (nSPS) is 13.8. The molecule has 0 aromatic heterocycles. The zero-order valence-electron chi connectivity index (χ0n) is 21.0. The number of carboxylic acids is 2. The summed E-state index contributed by atoms with van der Waals surface area (Å²) < 4.78 is 86.9. The van der Waals surface area contributed by atoms with E-state index >= 15 is 0 Å². The average molecular weight is 596 g/mol. The van der Waals surface area contributed by atoms with E-state index in [0.717, 1.165) is 24.3 Å². The molecule has 2 aromatic carbocycles. The number of carbonyl (C=O) groups is 2. The number of aliphatic hydroxyl groups excluding tert-OH is 2. The number of hydrogen-bond donors (Lipinski definition) is 6. The van der Waals surface area contributed by atoms with Gasteiger partial charge in [-0.1, -0.05) is 12.1 Å². The van der Waals surface area contributed by atoms with Gasteiger partial charge in [-0.3, -0.25) is 4.79 Å². The molecule has 0 aliphatic rings. The summed E-state index contributed by atoms with van der Waals surface area (Å²) in [4.78, 5) is 26.1. The first-order valence-electron chi connectivity index (χ1n) is 10.8. The fourth-order valence-corrected chi connectivity index (χ4v) is 2.56. The molecule has 0 bridgehead atoms. The lowest BCUT2D eigenvalue weighted by Crippen LogP contribution is -2.39. The Bertz CT molecular complexity index is 1290. The van der Waals surface area contributed by atoms with Crippen LogP contribution in [-0.2, 0) is 21.9 Å². The molecule has 0 spiro atoms. The Balaban J connectivity index is 0.000000652. The fourth-order valence-electron chi connectivity index (χ4n) is 2.56. The van der Waals surface area contributed by atoms with E-state index in [2.05, 4.69) is 15.0 Å². The summed E-state index contributed by atoms with van der Waals surface area (Å²) in [7, 11) is 0. The Morgan fingerprint density at radius 3 is 1.59 bits per heavy atom.